The molecule has 21 heavy (non-hydrogen) atoms. The monoisotopic (exact) mass is 285 g/mol. The first kappa shape index (κ1) is 13.2. The third-order valence-corrected chi connectivity index (χ3v) is 3.45. The van der Waals surface area contributed by atoms with Crippen molar-refractivity contribution in [2.24, 2.45) is 7.05 Å². The molecule has 0 atom stereocenters. The third-order valence-electron chi connectivity index (χ3n) is 3.45. The highest BCUT2D eigenvalue weighted by Gasteiger charge is 2.19. The van der Waals surface area contributed by atoms with E-state index in [1.165, 1.54) is 17.3 Å². The van der Waals surface area contributed by atoms with Crippen molar-refractivity contribution in [2.75, 3.05) is 11.9 Å². The Morgan fingerprint density at radius 2 is 2.24 bits per heavy atom. The lowest BCUT2D eigenvalue weighted by molar-refractivity contribution is -0.388. The van der Waals surface area contributed by atoms with Gasteiger partial charge in [-0.15, -0.1) is 0 Å². The summed E-state index contributed by atoms with van der Waals surface area (Å²) in [5.74, 6) is 0.288. The van der Waals surface area contributed by atoms with E-state index in [1.54, 1.807) is 11.6 Å². The number of nitrogens with zero attached hydrogens (tertiary/aromatic N) is 3. The largest absolute Gasteiger partial charge is 0.406 e. The Hall–Kier alpha value is -2.83. The highest BCUT2D eigenvalue weighted by atomic mass is 16.6. The number of nitrogens with one attached hydrogen (secondary N) is 2. The fourth-order valence-corrected chi connectivity index (χ4v) is 2.41. The second-order valence-electron chi connectivity index (χ2n) is 4.82. The van der Waals surface area contributed by atoms with Crippen LogP contribution in [-0.4, -0.2) is 26.0 Å². The number of hydrogen-bond acceptors (Lipinski definition) is 4. The first-order valence-corrected chi connectivity index (χ1v) is 6.61. The molecule has 2 heterocycles. The summed E-state index contributed by atoms with van der Waals surface area (Å²) in [5, 5.41) is 15.2. The lowest BCUT2D eigenvalue weighted by atomic mass is 10.1. The Bertz CT molecular complexity index is 790. The number of nitro groups is 1. The molecule has 0 spiro atoms. The van der Waals surface area contributed by atoms with Crippen molar-refractivity contribution >= 4 is 22.5 Å². The number of para-hydroxylation sites is 1. The van der Waals surface area contributed by atoms with Gasteiger partial charge in [-0.05, 0) is 28.0 Å². The van der Waals surface area contributed by atoms with Crippen molar-refractivity contribution in [3.8, 4) is 0 Å². The molecule has 0 bridgehead atoms. The van der Waals surface area contributed by atoms with Gasteiger partial charge in [0.2, 0.25) is 12.1 Å². The molecule has 3 aromatic rings. The molecule has 0 aliphatic carbocycles. The van der Waals surface area contributed by atoms with Gasteiger partial charge in [-0.25, -0.2) is 0 Å². The van der Waals surface area contributed by atoms with Gasteiger partial charge >= 0.3 is 5.82 Å². The lowest BCUT2D eigenvalue weighted by Gasteiger charge is -2.05. The van der Waals surface area contributed by atoms with Gasteiger partial charge in [0, 0.05) is 30.7 Å². The van der Waals surface area contributed by atoms with Crippen molar-refractivity contribution in [1.82, 2.24) is 14.5 Å². The summed E-state index contributed by atoms with van der Waals surface area (Å²) in [5.41, 5.74) is 2.28. The van der Waals surface area contributed by atoms with E-state index in [4.69, 9.17) is 0 Å². The lowest BCUT2D eigenvalue weighted by Crippen LogP contribution is -2.09. The van der Waals surface area contributed by atoms with Gasteiger partial charge in [0.1, 0.15) is 0 Å². The van der Waals surface area contributed by atoms with Gasteiger partial charge in [0.15, 0.2) is 0 Å². The summed E-state index contributed by atoms with van der Waals surface area (Å²) < 4.78 is 1.62. The van der Waals surface area contributed by atoms with E-state index in [0.29, 0.717) is 12.4 Å². The molecular formula is C14H15N5O2. The quantitative estimate of drug-likeness (QED) is 0.556. The van der Waals surface area contributed by atoms with Crippen LogP contribution in [0, 0.1) is 10.1 Å². The highest BCUT2D eigenvalue weighted by Crippen LogP contribution is 2.22. The number of aromatic nitrogens is 3. The number of hydrogen-bond donors (Lipinski definition) is 2. The van der Waals surface area contributed by atoms with Crippen LogP contribution in [0.15, 0.2) is 36.8 Å². The van der Waals surface area contributed by atoms with E-state index in [2.05, 4.69) is 21.4 Å². The fourth-order valence-electron chi connectivity index (χ4n) is 2.41. The summed E-state index contributed by atoms with van der Waals surface area (Å²) in [6, 6.07) is 8.07. The minimum atomic E-state index is -0.478. The topological polar surface area (TPSA) is 88.8 Å². The molecule has 0 aliphatic rings. The van der Waals surface area contributed by atoms with Crippen LogP contribution in [-0.2, 0) is 13.5 Å². The number of imidazole rings is 1. The van der Waals surface area contributed by atoms with Crippen LogP contribution in [0.2, 0.25) is 0 Å². The van der Waals surface area contributed by atoms with Crippen molar-refractivity contribution < 1.29 is 4.92 Å². The molecule has 7 heteroatoms. The van der Waals surface area contributed by atoms with E-state index >= 15 is 0 Å². The minimum absolute atomic E-state index is 0.142. The molecule has 0 saturated carbocycles. The van der Waals surface area contributed by atoms with Crippen LogP contribution >= 0.6 is 0 Å². The third kappa shape index (κ3) is 2.45. The van der Waals surface area contributed by atoms with Gasteiger partial charge < -0.3 is 20.4 Å². The molecule has 3 rings (SSSR count). The Labute approximate surface area is 120 Å². The smallest absolute Gasteiger partial charge is 0.364 e. The molecular weight excluding hydrogens is 270 g/mol. The number of anilines is 1. The molecule has 0 radical (unpaired) electrons. The average molecular weight is 285 g/mol. The predicted molar refractivity (Wildman–Crippen MR) is 80.4 cm³/mol. The number of rotatable bonds is 5. The van der Waals surface area contributed by atoms with Crippen molar-refractivity contribution in [3.05, 3.63) is 52.5 Å². The van der Waals surface area contributed by atoms with Gasteiger partial charge in [0.25, 0.3) is 0 Å². The van der Waals surface area contributed by atoms with Crippen LogP contribution < -0.4 is 5.32 Å². The van der Waals surface area contributed by atoms with Crippen LogP contribution in [0.1, 0.15) is 5.56 Å². The molecule has 1 aromatic carbocycles. The molecule has 2 aromatic heterocycles. The molecule has 7 nitrogen and oxygen atoms in total. The molecule has 0 fully saturated rings. The molecule has 108 valence electrons. The molecule has 0 amide bonds. The minimum Gasteiger partial charge on any atom is -0.364 e. The standard InChI is InChI=1S/C14H15N5O2/c1-18-9-17-14(19(20)21)13(18)15-7-6-10-8-16-12-5-3-2-4-11(10)12/h2-5,8-9,15-16H,6-7H2,1H3. The SMILES string of the molecule is Cn1cnc([N+](=O)[O-])c1NCCc1c[nH]c2ccccc12. The van der Waals surface area contributed by atoms with Crippen LogP contribution in [0.25, 0.3) is 10.9 Å². The van der Waals surface area contributed by atoms with E-state index in [1.807, 2.05) is 24.4 Å². The molecule has 0 aliphatic heterocycles. The second-order valence-corrected chi connectivity index (χ2v) is 4.82. The van der Waals surface area contributed by atoms with E-state index in [0.717, 1.165) is 11.9 Å². The number of H-pyrrole nitrogens is 1. The molecule has 2 N–H and O–H groups in total. The Morgan fingerprint density at radius 1 is 1.43 bits per heavy atom. The normalized spacial score (nSPS) is 10.9. The zero-order valence-corrected chi connectivity index (χ0v) is 11.5. The molecule has 0 saturated heterocycles. The van der Waals surface area contributed by atoms with Gasteiger partial charge in [-0.3, -0.25) is 4.57 Å². The summed E-state index contributed by atoms with van der Waals surface area (Å²) in [6.45, 7) is 0.599. The summed E-state index contributed by atoms with van der Waals surface area (Å²) in [7, 11) is 1.73. The van der Waals surface area contributed by atoms with E-state index < -0.39 is 4.92 Å². The summed E-state index contributed by atoms with van der Waals surface area (Å²) in [6.07, 6.45) is 4.18. The van der Waals surface area contributed by atoms with Crippen LogP contribution in [0.5, 0.6) is 0 Å². The Morgan fingerprint density at radius 3 is 3.05 bits per heavy atom. The summed E-state index contributed by atoms with van der Waals surface area (Å²) >= 11 is 0. The van der Waals surface area contributed by atoms with Crippen molar-refractivity contribution in [3.63, 3.8) is 0 Å². The van der Waals surface area contributed by atoms with E-state index in [9.17, 15) is 10.1 Å². The van der Waals surface area contributed by atoms with Gasteiger partial charge in [-0.1, -0.05) is 18.2 Å². The van der Waals surface area contributed by atoms with Gasteiger partial charge in [0.05, 0.1) is 0 Å². The average Bonchev–Trinajstić information content (AvgIpc) is 3.04. The first-order chi connectivity index (χ1) is 10.2. The second kappa shape index (κ2) is 5.28. The maximum Gasteiger partial charge on any atom is 0.406 e. The van der Waals surface area contributed by atoms with Gasteiger partial charge in [-0.2, -0.15) is 0 Å². The zero-order valence-electron chi connectivity index (χ0n) is 11.5. The maximum atomic E-state index is 10.9. The predicted octanol–water partition coefficient (Wildman–Crippen LogP) is 2.46. The van der Waals surface area contributed by atoms with Crippen molar-refractivity contribution in [2.45, 2.75) is 6.42 Å². The Balaban J connectivity index is 1.72. The number of aromatic amines is 1. The van der Waals surface area contributed by atoms with Crippen molar-refractivity contribution in [1.29, 1.82) is 0 Å². The summed E-state index contributed by atoms with van der Waals surface area (Å²) in [4.78, 5) is 17.4. The zero-order chi connectivity index (χ0) is 14.8. The first-order valence-electron chi connectivity index (χ1n) is 6.61. The van der Waals surface area contributed by atoms with Crippen LogP contribution in [0.3, 0.4) is 0 Å². The Kier molecular flexibility index (Phi) is 3.31. The maximum absolute atomic E-state index is 10.9. The number of fused-ring (bicyclic) bond motifs is 1. The fraction of sp³-hybridized carbons (Fsp3) is 0.214. The number of benzene rings is 1. The highest BCUT2D eigenvalue weighted by molar-refractivity contribution is 5.83. The number of aryl methyl sites for hydroxylation is 1. The molecule has 0 unspecified atom stereocenters. The van der Waals surface area contributed by atoms with E-state index in [-0.39, 0.29) is 5.82 Å². The van der Waals surface area contributed by atoms with Crippen LogP contribution in [0.4, 0.5) is 11.6 Å².